The van der Waals surface area contributed by atoms with E-state index >= 15 is 0 Å². The number of benzene rings is 1. The maximum Gasteiger partial charge on any atom is 0.136 e. The Morgan fingerprint density at radius 1 is 0.826 bits per heavy atom. The lowest BCUT2D eigenvalue weighted by molar-refractivity contribution is 1.11. The van der Waals surface area contributed by atoms with Crippen molar-refractivity contribution in [2.75, 3.05) is 0 Å². The first-order valence-corrected chi connectivity index (χ1v) is 7.69. The quantitative estimate of drug-likeness (QED) is 0.538. The molecular weight excluding hydrogens is 282 g/mol. The van der Waals surface area contributed by atoms with Gasteiger partial charge in [-0.25, -0.2) is 4.98 Å². The first-order valence-electron chi connectivity index (χ1n) is 7.69. The zero-order valence-electron chi connectivity index (χ0n) is 13.2. The summed E-state index contributed by atoms with van der Waals surface area (Å²) in [5, 5.41) is 0. The van der Waals surface area contributed by atoms with Crippen LogP contribution in [0.2, 0.25) is 0 Å². The van der Waals surface area contributed by atoms with Crippen LogP contribution in [0.15, 0.2) is 67.1 Å². The molecule has 0 bridgehead atoms. The van der Waals surface area contributed by atoms with Gasteiger partial charge in [-0.15, -0.1) is 0 Å². The minimum Gasteiger partial charge on any atom is -0.304 e. The van der Waals surface area contributed by atoms with Crippen molar-refractivity contribution in [3.05, 3.63) is 78.4 Å². The molecule has 0 amide bonds. The van der Waals surface area contributed by atoms with E-state index in [0.717, 1.165) is 28.2 Å². The minimum absolute atomic E-state index is 0.965. The highest BCUT2D eigenvalue weighted by Gasteiger charge is 2.11. The molecule has 3 aromatic heterocycles. The lowest BCUT2D eigenvalue weighted by Gasteiger charge is -2.11. The Hall–Kier alpha value is -2.94. The van der Waals surface area contributed by atoms with Gasteiger partial charge in [-0.3, -0.25) is 4.98 Å². The second kappa shape index (κ2) is 5.36. The van der Waals surface area contributed by atoms with Gasteiger partial charge in [0.2, 0.25) is 0 Å². The summed E-state index contributed by atoms with van der Waals surface area (Å²) < 4.78 is 2.12. The first-order chi connectivity index (χ1) is 11.2. The van der Waals surface area contributed by atoms with E-state index in [1.54, 1.807) is 0 Å². The third-order valence-electron chi connectivity index (χ3n) is 4.21. The van der Waals surface area contributed by atoms with Crippen molar-refractivity contribution in [3.8, 4) is 22.4 Å². The summed E-state index contributed by atoms with van der Waals surface area (Å²) in [7, 11) is 0. The van der Waals surface area contributed by atoms with Gasteiger partial charge >= 0.3 is 0 Å². The SMILES string of the molecule is Cc1ccccc1-c1ncccc1-c1ccc2ncc(C)n2c1. The van der Waals surface area contributed by atoms with Crippen LogP contribution in [0.4, 0.5) is 0 Å². The fraction of sp³-hybridized carbons (Fsp3) is 0.100. The van der Waals surface area contributed by atoms with Gasteiger partial charge in [0.25, 0.3) is 0 Å². The van der Waals surface area contributed by atoms with E-state index in [1.165, 1.54) is 11.1 Å². The normalized spacial score (nSPS) is 11.0. The molecule has 3 nitrogen and oxygen atoms in total. The van der Waals surface area contributed by atoms with Crippen LogP contribution in [-0.4, -0.2) is 14.4 Å². The second-order valence-electron chi connectivity index (χ2n) is 5.76. The number of aryl methyl sites for hydroxylation is 2. The highest BCUT2D eigenvalue weighted by atomic mass is 15.0. The number of nitrogens with zero attached hydrogens (tertiary/aromatic N) is 3. The molecular formula is C20H17N3. The van der Waals surface area contributed by atoms with Crippen LogP contribution in [-0.2, 0) is 0 Å². The topological polar surface area (TPSA) is 30.2 Å². The van der Waals surface area contributed by atoms with Crippen LogP contribution in [0.1, 0.15) is 11.3 Å². The molecule has 23 heavy (non-hydrogen) atoms. The molecule has 3 heterocycles. The Bertz CT molecular complexity index is 999. The van der Waals surface area contributed by atoms with Crippen molar-refractivity contribution in [1.82, 2.24) is 14.4 Å². The fourth-order valence-electron chi connectivity index (χ4n) is 2.95. The number of pyridine rings is 2. The fourth-order valence-corrected chi connectivity index (χ4v) is 2.95. The molecule has 112 valence electrons. The zero-order chi connectivity index (χ0) is 15.8. The van der Waals surface area contributed by atoms with E-state index in [1.807, 2.05) is 18.5 Å². The van der Waals surface area contributed by atoms with Crippen LogP contribution in [0.25, 0.3) is 28.0 Å². The Morgan fingerprint density at radius 2 is 1.65 bits per heavy atom. The Kier molecular flexibility index (Phi) is 3.19. The zero-order valence-corrected chi connectivity index (χ0v) is 13.2. The molecule has 0 N–H and O–H groups in total. The third kappa shape index (κ3) is 2.30. The van der Waals surface area contributed by atoms with Gasteiger partial charge in [-0.2, -0.15) is 0 Å². The van der Waals surface area contributed by atoms with Crippen molar-refractivity contribution in [3.63, 3.8) is 0 Å². The van der Waals surface area contributed by atoms with E-state index in [9.17, 15) is 0 Å². The summed E-state index contributed by atoms with van der Waals surface area (Å²) >= 11 is 0. The van der Waals surface area contributed by atoms with Crippen LogP contribution in [0.3, 0.4) is 0 Å². The summed E-state index contributed by atoms with van der Waals surface area (Å²) in [5.41, 5.74) is 7.79. The van der Waals surface area contributed by atoms with Crippen molar-refractivity contribution >= 4 is 5.65 Å². The van der Waals surface area contributed by atoms with E-state index < -0.39 is 0 Å². The number of rotatable bonds is 2. The van der Waals surface area contributed by atoms with Gasteiger partial charge in [0.15, 0.2) is 0 Å². The molecule has 0 saturated carbocycles. The number of hydrogen-bond donors (Lipinski definition) is 0. The molecule has 0 spiro atoms. The lowest BCUT2D eigenvalue weighted by Crippen LogP contribution is -1.93. The van der Waals surface area contributed by atoms with Crippen LogP contribution < -0.4 is 0 Å². The highest BCUT2D eigenvalue weighted by Crippen LogP contribution is 2.32. The number of aromatic nitrogens is 3. The molecule has 4 rings (SSSR count). The summed E-state index contributed by atoms with van der Waals surface area (Å²) in [4.78, 5) is 9.05. The monoisotopic (exact) mass is 299 g/mol. The predicted molar refractivity (Wildman–Crippen MR) is 93.3 cm³/mol. The Balaban J connectivity index is 1.95. The van der Waals surface area contributed by atoms with Crippen molar-refractivity contribution in [2.45, 2.75) is 13.8 Å². The Morgan fingerprint density at radius 3 is 2.52 bits per heavy atom. The van der Waals surface area contributed by atoms with Gasteiger partial charge in [0, 0.05) is 41.0 Å². The van der Waals surface area contributed by atoms with Crippen LogP contribution >= 0.6 is 0 Å². The Labute approximate surface area is 135 Å². The van der Waals surface area contributed by atoms with E-state index in [0.29, 0.717) is 0 Å². The molecule has 0 aliphatic rings. The average molecular weight is 299 g/mol. The molecule has 4 aromatic rings. The summed E-state index contributed by atoms with van der Waals surface area (Å²) in [6.07, 6.45) is 5.88. The van der Waals surface area contributed by atoms with Gasteiger partial charge in [-0.1, -0.05) is 30.3 Å². The largest absolute Gasteiger partial charge is 0.304 e. The average Bonchev–Trinajstić information content (AvgIpc) is 2.96. The number of hydrogen-bond acceptors (Lipinski definition) is 2. The van der Waals surface area contributed by atoms with E-state index in [2.05, 4.69) is 76.9 Å². The lowest BCUT2D eigenvalue weighted by atomic mass is 9.97. The first kappa shape index (κ1) is 13.7. The van der Waals surface area contributed by atoms with Gasteiger partial charge in [-0.05, 0) is 37.6 Å². The maximum atomic E-state index is 4.65. The van der Waals surface area contributed by atoms with Crippen LogP contribution in [0, 0.1) is 13.8 Å². The smallest absolute Gasteiger partial charge is 0.136 e. The van der Waals surface area contributed by atoms with E-state index in [4.69, 9.17) is 0 Å². The van der Waals surface area contributed by atoms with Crippen molar-refractivity contribution < 1.29 is 0 Å². The maximum absolute atomic E-state index is 4.65. The molecule has 0 unspecified atom stereocenters. The summed E-state index contributed by atoms with van der Waals surface area (Å²) in [6, 6.07) is 16.6. The molecule has 0 aliphatic heterocycles. The molecule has 0 saturated heterocycles. The molecule has 0 aliphatic carbocycles. The van der Waals surface area contributed by atoms with Crippen molar-refractivity contribution in [1.29, 1.82) is 0 Å². The molecule has 0 atom stereocenters. The summed E-state index contributed by atoms with van der Waals surface area (Å²) in [5.74, 6) is 0. The standard InChI is InChI=1S/C20H17N3/c1-14-6-3-4-7-17(14)20-18(8-5-11-21-20)16-9-10-19-22-12-15(2)23(19)13-16/h3-13H,1-2H3. The molecule has 0 radical (unpaired) electrons. The number of fused-ring (bicyclic) bond motifs is 1. The molecule has 1 aromatic carbocycles. The van der Waals surface area contributed by atoms with Gasteiger partial charge < -0.3 is 4.40 Å². The second-order valence-corrected chi connectivity index (χ2v) is 5.76. The third-order valence-corrected chi connectivity index (χ3v) is 4.21. The van der Waals surface area contributed by atoms with E-state index in [-0.39, 0.29) is 0 Å². The minimum atomic E-state index is 0.965. The molecule has 0 fully saturated rings. The summed E-state index contributed by atoms with van der Waals surface area (Å²) in [6.45, 7) is 4.19. The predicted octanol–water partition coefficient (Wildman–Crippen LogP) is 4.68. The van der Waals surface area contributed by atoms with Gasteiger partial charge in [0.1, 0.15) is 5.65 Å². The highest BCUT2D eigenvalue weighted by molar-refractivity contribution is 5.82. The number of imidazole rings is 1. The van der Waals surface area contributed by atoms with Crippen LogP contribution in [0.5, 0.6) is 0 Å². The molecule has 3 heteroatoms. The van der Waals surface area contributed by atoms with Gasteiger partial charge in [0.05, 0.1) is 5.69 Å². The van der Waals surface area contributed by atoms with Crippen molar-refractivity contribution in [2.24, 2.45) is 0 Å².